The fraction of sp³-hybridized carbons (Fsp3) is 0.750. The number of likely N-dealkylation sites (tertiary alicyclic amines) is 1. The van der Waals surface area contributed by atoms with Crippen LogP contribution in [0.4, 0.5) is 5.69 Å². The highest BCUT2D eigenvalue weighted by Crippen LogP contribution is 2.29. The van der Waals surface area contributed by atoms with Crippen molar-refractivity contribution in [2.75, 3.05) is 32.0 Å². The molecule has 1 aliphatic carbocycles. The van der Waals surface area contributed by atoms with Crippen LogP contribution in [0.15, 0.2) is 0 Å². The van der Waals surface area contributed by atoms with Gasteiger partial charge in [0.25, 0.3) is 0 Å². The van der Waals surface area contributed by atoms with Crippen LogP contribution in [-0.2, 0) is 16.1 Å². The Morgan fingerprint density at radius 1 is 1.30 bits per heavy atom. The third-order valence-corrected chi connectivity index (χ3v) is 5.93. The number of hydrogen-bond acceptors (Lipinski definition) is 4. The first-order valence-electron chi connectivity index (χ1n) is 10.2. The number of hydrogen-bond donors (Lipinski definition) is 1. The molecule has 3 rings (SSSR count). The number of carbonyl (C=O) groups is 2. The number of anilines is 1. The minimum Gasteiger partial charge on any atom is -0.339 e. The molecule has 0 radical (unpaired) electrons. The summed E-state index contributed by atoms with van der Waals surface area (Å²) >= 11 is 0. The number of nitrogens with zero attached hydrogens (tertiary/aromatic N) is 4. The third-order valence-electron chi connectivity index (χ3n) is 5.93. The normalized spacial score (nSPS) is 20.9. The Morgan fingerprint density at radius 3 is 2.63 bits per heavy atom. The van der Waals surface area contributed by atoms with E-state index in [-0.39, 0.29) is 5.91 Å². The van der Waals surface area contributed by atoms with Gasteiger partial charge in [0.1, 0.15) is 0 Å². The smallest absolute Gasteiger partial charge is 0.238 e. The monoisotopic (exact) mass is 375 g/mol. The van der Waals surface area contributed by atoms with Gasteiger partial charge >= 0.3 is 0 Å². The molecule has 0 bridgehead atoms. The molecule has 1 aromatic rings. The van der Waals surface area contributed by atoms with Gasteiger partial charge in [0.05, 0.1) is 23.6 Å². The molecule has 7 heteroatoms. The summed E-state index contributed by atoms with van der Waals surface area (Å²) in [6.07, 6.45) is 5.41. The molecule has 7 nitrogen and oxygen atoms in total. The number of rotatable bonds is 7. The SMILES string of the molecule is CCn1nc(C)c(NC(=O)CN(C)CC2CC(=O)N(C3CCCC3)C2)c1C. The van der Waals surface area contributed by atoms with Crippen LogP contribution in [0.2, 0.25) is 0 Å². The highest BCUT2D eigenvalue weighted by Gasteiger charge is 2.35. The van der Waals surface area contributed by atoms with Crippen LogP contribution in [-0.4, -0.2) is 64.1 Å². The van der Waals surface area contributed by atoms with Gasteiger partial charge < -0.3 is 10.2 Å². The van der Waals surface area contributed by atoms with Crippen molar-refractivity contribution < 1.29 is 9.59 Å². The summed E-state index contributed by atoms with van der Waals surface area (Å²) in [5, 5.41) is 7.45. The summed E-state index contributed by atoms with van der Waals surface area (Å²) in [6.45, 7) is 8.66. The molecule has 2 aliphatic rings. The lowest BCUT2D eigenvalue weighted by Crippen LogP contribution is -2.37. The molecule has 0 spiro atoms. The molecule has 1 saturated carbocycles. The van der Waals surface area contributed by atoms with E-state index in [4.69, 9.17) is 0 Å². The number of nitrogens with one attached hydrogen (secondary N) is 1. The largest absolute Gasteiger partial charge is 0.339 e. The van der Waals surface area contributed by atoms with Gasteiger partial charge in [0.15, 0.2) is 0 Å². The molecular weight excluding hydrogens is 342 g/mol. The third kappa shape index (κ3) is 4.51. The van der Waals surface area contributed by atoms with Gasteiger partial charge in [-0.15, -0.1) is 0 Å². The molecule has 1 saturated heterocycles. The molecule has 2 heterocycles. The van der Waals surface area contributed by atoms with Crippen LogP contribution in [0, 0.1) is 19.8 Å². The predicted molar refractivity (Wildman–Crippen MR) is 106 cm³/mol. The molecular formula is C20H33N5O2. The molecule has 0 aromatic carbocycles. The second-order valence-corrected chi connectivity index (χ2v) is 8.16. The Kier molecular flexibility index (Phi) is 6.19. The van der Waals surface area contributed by atoms with Gasteiger partial charge in [-0.05, 0) is 46.6 Å². The van der Waals surface area contributed by atoms with Crippen molar-refractivity contribution in [3.8, 4) is 0 Å². The lowest BCUT2D eigenvalue weighted by Gasteiger charge is -2.25. The average Bonchev–Trinajstić information content (AvgIpc) is 3.31. The van der Waals surface area contributed by atoms with Crippen LogP contribution in [0.1, 0.15) is 50.4 Å². The summed E-state index contributed by atoms with van der Waals surface area (Å²) in [4.78, 5) is 28.9. The number of amides is 2. The van der Waals surface area contributed by atoms with Crippen molar-refractivity contribution >= 4 is 17.5 Å². The topological polar surface area (TPSA) is 70.5 Å². The van der Waals surface area contributed by atoms with Crippen LogP contribution in [0.25, 0.3) is 0 Å². The van der Waals surface area contributed by atoms with E-state index in [0.717, 1.165) is 49.6 Å². The van der Waals surface area contributed by atoms with E-state index in [1.165, 1.54) is 12.8 Å². The zero-order valence-corrected chi connectivity index (χ0v) is 17.1. The van der Waals surface area contributed by atoms with Gasteiger partial charge in [0, 0.05) is 32.1 Å². The molecule has 1 aromatic heterocycles. The van der Waals surface area contributed by atoms with E-state index in [9.17, 15) is 9.59 Å². The van der Waals surface area contributed by atoms with Crippen molar-refractivity contribution in [3.05, 3.63) is 11.4 Å². The standard InChI is InChI=1S/C20H33N5O2/c1-5-25-15(3)20(14(2)22-25)21-18(26)13-23(4)11-16-10-19(27)24(12-16)17-8-6-7-9-17/h16-17H,5-13H2,1-4H3,(H,21,26). The molecule has 150 valence electrons. The van der Waals surface area contributed by atoms with E-state index in [2.05, 4.69) is 15.3 Å². The average molecular weight is 376 g/mol. The number of aromatic nitrogens is 2. The lowest BCUT2D eigenvalue weighted by molar-refractivity contribution is -0.129. The molecule has 2 amide bonds. The maximum atomic E-state index is 12.5. The summed E-state index contributed by atoms with van der Waals surface area (Å²) in [5.41, 5.74) is 2.65. The second kappa shape index (κ2) is 8.42. The number of carbonyl (C=O) groups excluding carboxylic acids is 2. The minimum atomic E-state index is -0.0312. The Morgan fingerprint density at radius 2 is 2.00 bits per heavy atom. The summed E-state index contributed by atoms with van der Waals surface area (Å²) in [7, 11) is 1.96. The molecule has 1 N–H and O–H groups in total. The van der Waals surface area contributed by atoms with Crippen LogP contribution >= 0.6 is 0 Å². The van der Waals surface area contributed by atoms with E-state index in [1.807, 2.05) is 37.4 Å². The van der Waals surface area contributed by atoms with Gasteiger partial charge in [-0.2, -0.15) is 5.10 Å². The molecule has 1 unspecified atom stereocenters. The van der Waals surface area contributed by atoms with Crippen LogP contribution in [0.5, 0.6) is 0 Å². The fourth-order valence-electron chi connectivity index (χ4n) is 4.61. The molecule has 1 atom stereocenters. The molecule has 27 heavy (non-hydrogen) atoms. The van der Waals surface area contributed by atoms with E-state index >= 15 is 0 Å². The van der Waals surface area contributed by atoms with Gasteiger partial charge in [-0.3, -0.25) is 19.2 Å². The van der Waals surface area contributed by atoms with Crippen molar-refractivity contribution in [1.82, 2.24) is 19.6 Å². The molecule has 2 fully saturated rings. The van der Waals surface area contributed by atoms with Gasteiger partial charge in [-0.1, -0.05) is 12.8 Å². The number of likely N-dealkylation sites (N-methyl/N-ethyl adjacent to an activating group) is 1. The quantitative estimate of drug-likeness (QED) is 0.793. The maximum absolute atomic E-state index is 12.5. The Labute approximate surface area is 162 Å². The Balaban J connectivity index is 1.49. The van der Waals surface area contributed by atoms with Crippen molar-refractivity contribution in [1.29, 1.82) is 0 Å². The van der Waals surface area contributed by atoms with Crippen LogP contribution < -0.4 is 5.32 Å². The first-order valence-corrected chi connectivity index (χ1v) is 10.2. The molecule has 1 aliphatic heterocycles. The van der Waals surface area contributed by atoms with E-state index in [1.54, 1.807) is 0 Å². The van der Waals surface area contributed by atoms with Gasteiger partial charge in [0.2, 0.25) is 11.8 Å². The number of aryl methyl sites for hydroxylation is 2. The predicted octanol–water partition coefficient (Wildman–Crippen LogP) is 2.18. The van der Waals surface area contributed by atoms with Crippen molar-refractivity contribution in [3.63, 3.8) is 0 Å². The first kappa shape index (κ1) is 19.9. The maximum Gasteiger partial charge on any atom is 0.238 e. The minimum absolute atomic E-state index is 0.0312. The zero-order chi connectivity index (χ0) is 19.6. The van der Waals surface area contributed by atoms with E-state index < -0.39 is 0 Å². The van der Waals surface area contributed by atoms with E-state index in [0.29, 0.717) is 30.8 Å². The van der Waals surface area contributed by atoms with Crippen LogP contribution in [0.3, 0.4) is 0 Å². The van der Waals surface area contributed by atoms with Crippen molar-refractivity contribution in [2.45, 2.75) is 65.5 Å². The highest BCUT2D eigenvalue weighted by molar-refractivity contribution is 5.93. The summed E-state index contributed by atoms with van der Waals surface area (Å²) in [5.74, 6) is 0.585. The zero-order valence-electron chi connectivity index (χ0n) is 17.1. The first-order chi connectivity index (χ1) is 12.9. The summed E-state index contributed by atoms with van der Waals surface area (Å²) in [6, 6.07) is 0.456. The Bertz CT molecular complexity index is 693. The Hall–Kier alpha value is -1.89. The van der Waals surface area contributed by atoms with Crippen molar-refractivity contribution in [2.24, 2.45) is 5.92 Å². The fourth-order valence-corrected chi connectivity index (χ4v) is 4.61. The van der Waals surface area contributed by atoms with Gasteiger partial charge in [-0.25, -0.2) is 0 Å². The lowest BCUT2D eigenvalue weighted by atomic mass is 10.1. The second-order valence-electron chi connectivity index (χ2n) is 8.16. The summed E-state index contributed by atoms with van der Waals surface area (Å²) < 4.78 is 1.90. The highest BCUT2D eigenvalue weighted by atomic mass is 16.2.